The molecule has 0 spiro atoms. The molecule has 0 radical (unpaired) electrons. The number of fused-ring (bicyclic) bond motifs is 1. The molecule has 1 amide bonds. The van der Waals surface area contributed by atoms with Gasteiger partial charge in [0.15, 0.2) is 5.78 Å². The molecule has 2 aromatic heterocycles. The third-order valence-corrected chi connectivity index (χ3v) is 9.71. The van der Waals surface area contributed by atoms with Crippen LogP contribution in [0.4, 0.5) is 0 Å². The van der Waals surface area contributed by atoms with Crippen LogP contribution in [0.3, 0.4) is 0 Å². The second-order valence-electron chi connectivity index (χ2n) is 12.0. The van der Waals surface area contributed by atoms with E-state index in [1.807, 2.05) is 6.92 Å². The lowest BCUT2D eigenvalue weighted by molar-refractivity contribution is -0.309. The second-order valence-corrected chi connectivity index (χ2v) is 12.0. The number of aliphatic carboxylic acids is 2. The standard InChI is InChI=1S/C33H40N4O6/c1-7-18-14(3)22(12-25-19(8-2)16(5)32(41)36-25)34-24(18)13-23-17(6)28-26(38)11-21(31(28)35-23)30-20(9-10-27(39)40)15(4)29(37-30)33(42)43/h8,15,20,25,29,34-35,37H,2,7,9-13H2,1,3-6H3,(H,36,41)(H,39,40)(H,42,43)/p-2/b30-21-/t15-,20-,25?,29-/m0/s1. The van der Waals surface area contributed by atoms with Crippen molar-refractivity contribution in [2.45, 2.75) is 85.2 Å². The number of nitrogens with one attached hydrogen (secondary N) is 4. The Balaban J connectivity index is 1.49. The molecule has 5 rings (SSSR count). The van der Waals surface area contributed by atoms with Crippen LogP contribution in [0.1, 0.15) is 89.9 Å². The minimum absolute atomic E-state index is 0.0577. The minimum Gasteiger partial charge on any atom is -0.550 e. The molecule has 10 nitrogen and oxygen atoms in total. The number of Topliss-reactive ketones (excluding diaryl/α,β-unsaturated/α-hetero) is 1. The summed E-state index contributed by atoms with van der Waals surface area (Å²) in [5, 5.41) is 29.2. The molecule has 0 saturated carbocycles. The van der Waals surface area contributed by atoms with E-state index in [2.05, 4.69) is 41.0 Å². The molecule has 2 aromatic rings. The van der Waals surface area contributed by atoms with E-state index in [0.29, 0.717) is 40.9 Å². The minimum atomic E-state index is -1.26. The summed E-state index contributed by atoms with van der Waals surface area (Å²) in [6, 6.07) is -1.14. The number of carbonyl (C=O) groups excluding carboxylic acids is 4. The van der Waals surface area contributed by atoms with Crippen LogP contribution in [0, 0.1) is 25.7 Å². The highest BCUT2D eigenvalue weighted by molar-refractivity contribution is 6.13. The zero-order chi connectivity index (χ0) is 31.3. The van der Waals surface area contributed by atoms with Crippen molar-refractivity contribution in [1.29, 1.82) is 0 Å². The Morgan fingerprint density at radius 2 is 1.74 bits per heavy atom. The Hall–Kier alpha value is -4.34. The Kier molecular flexibility index (Phi) is 7.98. The van der Waals surface area contributed by atoms with Crippen molar-refractivity contribution in [3.8, 4) is 0 Å². The van der Waals surface area contributed by atoms with Gasteiger partial charge in [-0.2, -0.15) is 0 Å². The van der Waals surface area contributed by atoms with E-state index in [9.17, 15) is 29.4 Å². The molecular weight excluding hydrogens is 548 g/mol. The van der Waals surface area contributed by atoms with E-state index in [1.165, 1.54) is 5.56 Å². The molecule has 4 atom stereocenters. The summed E-state index contributed by atoms with van der Waals surface area (Å²) < 4.78 is 0. The van der Waals surface area contributed by atoms with Crippen LogP contribution in [0.25, 0.3) is 5.57 Å². The van der Waals surface area contributed by atoms with E-state index in [4.69, 9.17) is 0 Å². The Morgan fingerprint density at radius 3 is 2.37 bits per heavy atom. The van der Waals surface area contributed by atoms with Gasteiger partial charge in [0.05, 0.1) is 23.7 Å². The monoisotopic (exact) mass is 586 g/mol. The van der Waals surface area contributed by atoms with Crippen molar-refractivity contribution >= 4 is 29.2 Å². The molecular formula is C33H38N4O6-2. The second kappa shape index (κ2) is 11.4. The lowest BCUT2D eigenvalue weighted by atomic mass is 9.85. The number of carboxylic acid groups (broad SMARTS) is 2. The third kappa shape index (κ3) is 5.13. The van der Waals surface area contributed by atoms with E-state index >= 15 is 0 Å². The summed E-state index contributed by atoms with van der Waals surface area (Å²) in [5.74, 6) is -3.41. The quantitative estimate of drug-likeness (QED) is 0.327. The van der Waals surface area contributed by atoms with Crippen molar-refractivity contribution < 1.29 is 29.4 Å². The highest BCUT2D eigenvalue weighted by Gasteiger charge is 2.42. The van der Waals surface area contributed by atoms with Crippen molar-refractivity contribution in [2.24, 2.45) is 11.8 Å². The fraction of sp³-hybridized carbons (Fsp3) is 0.455. The molecule has 43 heavy (non-hydrogen) atoms. The first-order chi connectivity index (χ1) is 20.4. The number of rotatable bonds is 10. The van der Waals surface area contributed by atoms with Gasteiger partial charge in [0, 0.05) is 70.6 Å². The van der Waals surface area contributed by atoms with E-state index in [1.54, 1.807) is 19.9 Å². The maximum atomic E-state index is 13.3. The van der Waals surface area contributed by atoms with E-state index in [-0.39, 0.29) is 37.0 Å². The zero-order valence-electron chi connectivity index (χ0n) is 25.3. The highest BCUT2D eigenvalue weighted by atomic mass is 16.4. The maximum Gasteiger partial charge on any atom is 0.247 e. The molecule has 1 fully saturated rings. The molecule has 4 heterocycles. The summed E-state index contributed by atoms with van der Waals surface area (Å²) in [6.45, 7) is 13.5. The first-order valence-corrected chi connectivity index (χ1v) is 14.9. The highest BCUT2D eigenvalue weighted by Crippen LogP contribution is 2.44. The molecule has 2 aliphatic heterocycles. The summed E-state index contributed by atoms with van der Waals surface area (Å²) in [4.78, 5) is 55.8. The molecule has 1 unspecified atom stereocenters. The maximum absolute atomic E-state index is 13.3. The van der Waals surface area contributed by atoms with E-state index in [0.717, 1.165) is 40.2 Å². The number of ketones is 1. The van der Waals surface area contributed by atoms with Crippen molar-refractivity contribution in [1.82, 2.24) is 20.6 Å². The topological polar surface area (TPSA) is 170 Å². The molecule has 3 aliphatic rings. The van der Waals surface area contributed by atoms with Crippen LogP contribution in [0.2, 0.25) is 0 Å². The predicted molar refractivity (Wildman–Crippen MR) is 156 cm³/mol. The number of H-pyrrole nitrogens is 2. The number of aromatic amines is 2. The Bertz CT molecular complexity index is 1620. The summed E-state index contributed by atoms with van der Waals surface area (Å²) >= 11 is 0. The van der Waals surface area contributed by atoms with Crippen molar-refractivity contribution in [3.63, 3.8) is 0 Å². The van der Waals surface area contributed by atoms with Gasteiger partial charge in [-0.25, -0.2) is 0 Å². The van der Waals surface area contributed by atoms with Crippen LogP contribution in [-0.4, -0.2) is 45.7 Å². The van der Waals surface area contributed by atoms with Crippen molar-refractivity contribution in [2.75, 3.05) is 0 Å². The summed E-state index contributed by atoms with van der Waals surface area (Å²) in [6.07, 6.45) is 3.76. The molecule has 228 valence electrons. The summed E-state index contributed by atoms with van der Waals surface area (Å²) in [5.41, 5.74) is 10.2. The lowest BCUT2D eigenvalue weighted by Crippen LogP contribution is -2.44. The number of allylic oxidation sites excluding steroid dienone is 2. The fourth-order valence-corrected chi connectivity index (χ4v) is 7.30. The normalized spacial score (nSPS) is 24.9. The Labute approximate surface area is 250 Å². The first-order valence-electron chi connectivity index (χ1n) is 14.9. The van der Waals surface area contributed by atoms with E-state index < -0.39 is 29.8 Å². The molecule has 1 aliphatic carbocycles. The average Bonchev–Trinajstić information content (AvgIpc) is 3.69. The Morgan fingerprint density at radius 1 is 1.02 bits per heavy atom. The molecule has 0 aromatic carbocycles. The van der Waals surface area contributed by atoms with Gasteiger partial charge in [-0.1, -0.05) is 26.5 Å². The van der Waals surface area contributed by atoms with Gasteiger partial charge < -0.3 is 40.4 Å². The number of carbonyl (C=O) groups is 4. The smallest absolute Gasteiger partial charge is 0.247 e. The molecule has 10 heteroatoms. The number of carboxylic acids is 2. The number of hydrogen-bond donors (Lipinski definition) is 4. The number of aromatic nitrogens is 2. The largest absolute Gasteiger partial charge is 0.550 e. The van der Waals surface area contributed by atoms with Gasteiger partial charge in [0.1, 0.15) is 0 Å². The van der Waals surface area contributed by atoms with Gasteiger partial charge in [0.2, 0.25) is 5.91 Å². The van der Waals surface area contributed by atoms with Crippen LogP contribution >= 0.6 is 0 Å². The summed E-state index contributed by atoms with van der Waals surface area (Å²) in [7, 11) is 0. The van der Waals surface area contributed by atoms with Gasteiger partial charge in [0.25, 0.3) is 0 Å². The van der Waals surface area contributed by atoms with Gasteiger partial charge in [-0.3, -0.25) is 9.59 Å². The predicted octanol–water partition coefficient (Wildman–Crippen LogP) is 1.46. The average molecular weight is 587 g/mol. The van der Waals surface area contributed by atoms with Crippen LogP contribution in [0.15, 0.2) is 29.5 Å². The number of amides is 1. The van der Waals surface area contributed by atoms with Gasteiger partial charge >= 0.3 is 0 Å². The van der Waals surface area contributed by atoms with Gasteiger partial charge in [-0.05, 0) is 68.2 Å². The third-order valence-electron chi connectivity index (χ3n) is 9.71. The van der Waals surface area contributed by atoms with Crippen LogP contribution in [-0.2, 0) is 33.6 Å². The SMILES string of the molecule is C=CC1=C(C)C(=O)NC1Cc1[nH]c(Cc2[nH]c3c(c2C)C(=O)C/C3=C2/N[C@H](C(=O)[O-])[C@@H](C)[C@@H]2CCC(=O)[O-])c(CC)c1C. The van der Waals surface area contributed by atoms with Crippen LogP contribution in [0.5, 0.6) is 0 Å². The molecule has 0 bridgehead atoms. The van der Waals surface area contributed by atoms with Crippen molar-refractivity contribution in [3.05, 3.63) is 74.5 Å². The van der Waals surface area contributed by atoms with Crippen LogP contribution < -0.4 is 20.8 Å². The van der Waals surface area contributed by atoms with Gasteiger partial charge in [-0.15, -0.1) is 0 Å². The zero-order valence-corrected chi connectivity index (χ0v) is 25.3. The lowest BCUT2D eigenvalue weighted by Gasteiger charge is -2.20. The molecule has 4 N–H and O–H groups in total. The first kappa shape index (κ1) is 30.1. The molecule has 1 saturated heterocycles. The number of hydrogen-bond acceptors (Lipinski definition) is 7. The fourth-order valence-electron chi connectivity index (χ4n) is 7.30.